The van der Waals surface area contributed by atoms with Crippen LogP contribution in [0.1, 0.15) is 10.4 Å². The van der Waals surface area contributed by atoms with Crippen molar-refractivity contribution < 1.29 is 14.5 Å². The number of thiazole rings is 1. The SMILES string of the molecule is COc1ccc2nc(Nc3ncnc(NNC(=O)c4cccnc4)c3[N+](=O)[O-])sc2c1. The summed E-state index contributed by atoms with van der Waals surface area (Å²) in [5, 5.41) is 14.9. The van der Waals surface area contributed by atoms with E-state index in [0.717, 1.165) is 11.0 Å². The Bertz CT molecular complexity index is 1260. The van der Waals surface area contributed by atoms with E-state index in [2.05, 4.69) is 36.1 Å². The van der Waals surface area contributed by atoms with E-state index in [9.17, 15) is 14.9 Å². The van der Waals surface area contributed by atoms with Crippen molar-refractivity contribution in [3.8, 4) is 5.75 Å². The van der Waals surface area contributed by atoms with Crippen molar-refractivity contribution >= 4 is 49.9 Å². The minimum atomic E-state index is -0.656. The summed E-state index contributed by atoms with van der Waals surface area (Å²) in [6, 6.07) is 8.51. The number of anilines is 3. The maximum atomic E-state index is 12.2. The van der Waals surface area contributed by atoms with Crippen molar-refractivity contribution in [1.82, 2.24) is 25.4 Å². The van der Waals surface area contributed by atoms with Crippen LogP contribution >= 0.6 is 11.3 Å². The molecule has 1 amide bonds. The van der Waals surface area contributed by atoms with E-state index in [1.54, 1.807) is 31.4 Å². The lowest BCUT2D eigenvalue weighted by Gasteiger charge is -2.09. The molecule has 0 fully saturated rings. The Morgan fingerprint density at radius 1 is 1.23 bits per heavy atom. The fourth-order valence-electron chi connectivity index (χ4n) is 2.61. The van der Waals surface area contributed by atoms with Crippen LogP contribution in [-0.2, 0) is 0 Å². The zero-order chi connectivity index (χ0) is 21.8. The summed E-state index contributed by atoms with van der Waals surface area (Å²) < 4.78 is 6.03. The molecule has 0 aliphatic heterocycles. The van der Waals surface area contributed by atoms with Crippen LogP contribution in [0.3, 0.4) is 0 Å². The largest absolute Gasteiger partial charge is 0.497 e. The minimum Gasteiger partial charge on any atom is -0.497 e. The van der Waals surface area contributed by atoms with Gasteiger partial charge >= 0.3 is 5.69 Å². The van der Waals surface area contributed by atoms with E-state index in [1.807, 2.05) is 6.07 Å². The summed E-state index contributed by atoms with van der Waals surface area (Å²) in [7, 11) is 1.56. The number of nitrogens with zero attached hydrogens (tertiary/aromatic N) is 5. The molecule has 3 heterocycles. The summed E-state index contributed by atoms with van der Waals surface area (Å²) in [5.41, 5.74) is 5.35. The van der Waals surface area contributed by atoms with Crippen LogP contribution in [0.4, 0.5) is 22.5 Å². The van der Waals surface area contributed by atoms with Crippen molar-refractivity contribution in [2.75, 3.05) is 17.9 Å². The van der Waals surface area contributed by atoms with Crippen LogP contribution in [0.15, 0.2) is 49.1 Å². The maximum Gasteiger partial charge on any atom is 0.355 e. The monoisotopic (exact) mass is 438 g/mol. The van der Waals surface area contributed by atoms with Crippen LogP contribution in [0.2, 0.25) is 0 Å². The second-order valence-corrected chi connectivity index (χ2v) is 7.01. The van der Waals surface area contributed by atoms with Gasteiger partial charge in [0.2, 0.25) is 11.6 Å². The number of methoxy groups -OCH3 is 1. The summed E-state index contributed by atoms with van der Waals surface area (Å²) in [6.07, 6.45) is 4.01. The zero-order valence-corrected chi connectivity index (χ0v) is 16.7. The number of nitrogens with one attached hydrogen (secondary N) is 3. The third kappa shape index (κ3) is 4.30. The molecule has 0 bridgehead atoms. The maximum absolute atomic E-state index is 12.2. The van der Waals surface area contributed by atoms with Gasteiger partial charge in [0.15, 0.2) is 5.13 Å². The van der Waals surface area contributed by atoms with Gasteiger partial charge in [0.25, 0.3) is 5.91 Å². The molecule has 0 unspecified atom stereocenters. The summed E-state index contributed by atoms with van der Waals surface area (Å²) >= 11 is 1.28. The number of hydrogen-bond acceptors (Lipinski definition) is 11. The number of rotatable bonds is 7. The quantitative estimate of drug-likeness (QED) is 0.289. The van der Waals surface area contributed by atoms with Crippen molar-refractivity contribution in [2.45, 2.75) is 0 Å². The lowest BCUT2D eigenvalue weighted by atomic mass is 10.3. The fraction of sp³-hybridized carbons (Fsp3) is 0.0556. The van der Waals surface area contributed by atoms with Crippen LogP contribution in [-0.4, -0.2) is 37.9 Å². The third-order valence-corrected chi connectivity index (χ3v) is 4.98. The smallest absolute Gasteiger partial charge is 0.355 e. The van der Waals surface area contributed by atoms with Gasteiger partial charge in [-0.3, -0.25) is 30.7 Å². The van der Waals surface area contributed by atoms with Gasteiger partial charge in [-0.2, -0.15) is 0 Å². The standard InChI is InChI=1S/C18H14N8O4S/c1-30-11-4-5-12-13(7-11)31-18(22-12)23-15-14(26(28)29)16(21-9-20-15)24-25-17(27)10-3-2-6-19-8-10/h2-9H,1H3,(H,25,27)(H2,20,21,22,23,24). The molecule has 0 radical (unpaired) electrons. The lowest BCUT2D eigenvalue weighted by molar-refractivity contribution is -0.383. The summed E-state index contributed by atoms with van der Waals surface area (Å²) in [4.78, 5) is 39.3. The molecule has 0 aliphatic rings. The van der Waals surface area contributed by atoms with Crippen molar-refractivity contribution in [1.29, 1.82) is 0 Å². The number of carbonyl (C=O) groups is 1. The predicted molar refractivity (Wildman–Crippen MR) is 113 cm³/mol. The normalized spacial score (nSPS) is 10.5. The molecule has 0 spiro atoms. The Kier molecular flexibility index (Phi) is 5.49. The molecule has 13 heteroatoms. The van der Waals surface area contributed by atoms with Gasteiger partial charge in [0, 0.05) is 12.4 Å². The molecule has 0 saturated carbocycles. The lowest BCUT2D eigenvalue weighted by Crippen LogP contribution is -2.30. The van der Waals surface area contributed by atoms with Gasteiger partial charge in [-0.25, -0.2) is 15.0 Å². The first-order chi connectivity index (χ1) is 15.0. The number of nitro groups is 1. The highest BCUT2D eigenvalue weighted by atomic mass is 32.1. The van der Waals surface area contributed by atoms with Crippen molar-refractivity contribution in [2.24, 2.45) is 0 Å². The topological polar surface area (TPSA) is 157 Å². The van der Waals surface area contributed by atoms with Gasteiger partial charge in [0.1, 0.15) is 12.1 Å². The predicted octanol–water partition coefficient (Wildman–Crippen LogP) is 2.90. The molecule has 4 aromatic rings. The van der Waals surface area contributed by atoms with E-state index in [4.69, 9.17) is 4.74 Å². The van der Waals surface area contributed by atoms with Gasteiger partial charge in [-0.05, 0) is 30.3 Å². The van der Waals surface area contributed by atoms with E-state index in [1.165, 1.54) is 23.7 Å². The number of carbonyl (C=O) groups excluding carboxylic acids is 1. The van der Waals surface area contributed by atoms with E-state index >= 15 is 0 Å². The van der Waals surface area contributed by atoms with Gasteiger partial charge in [0.05, 0.1) is 27.8 Å². The molecular weight excluding hydrogens is 424 g/mol. The Morgan fingerprint density at radius 2 is 2.06 bits per heavy atom. The fourth-order valence-corrected chi connectivity index (χ4v) is 3.50. The van der Waals surface area contributed by atoms with E-state index in [0.29, 0.717) is 16.4 Å². The van der Waals surface area contributed by atoms with Crippen LogP contribution in [0.25, 0.3) is 10.2 Å². The first-order valence-electron chi connectivity index (χ1n) is 8.72. The Morgan fingerprint density at radius 3 is 2.81 bits per heavy atom. The highest BCUT2D eigenvalue weighted by molar-refractivity contribution is 7.22. The molecule has 0 atom stereocenters. The Hall–Kier alpha value is -4.39. The molecule has 1 aromatic carbocycles. The van der Waals surface area contributed by atoms with Crippen LogP contribution in [0, 0.1) is 10.1 Å². The number of hydrogen-bond donors (Lipinski definition) is 3. The molecule has 3 aromatic heterocycles. The van der Waals surface area contributed by atoms with Crippen LogP contribution < -0.4 is 20.9 Å². The summed E-state index contributed by atoms with van der Waals surface area (Å²) in [6.45, 7) is 0. The third-order valence-electron chi connectivity index (χ3n) is 4.04. The average Bonchev–Trinajstić information content (AvgIpc) is 3.19. The van der Waals surface area contributed by atoms with Crippen molar-refractivity contribution in [3.63, 3.8) is 0 Å². The second kappa shape index (κ2) is 8.54. The number of amides is 1. The average molecular weight is 438 g/mol. The molecular formula is C18H14N8O4S. The number of pyridine rings is 1. The van der Waals surface area contributed by atoms with Crippen LogP contribution in [0.5, 0.6) is 5.75 Å². The molecule has 31 heavy (non-hydrogen) atoms. The van der Waals surface area contributed by atoms with Gasteiger partial charge < -0.3 is 10.1 Å². The molecule has 12 nitrogen and oxygen atoms in total. The first kappa shape index (κ1) is 19.9. The van der Waals surface area contributed by atoms with E-state index in [-0.39, 0.29) is 17.2 Å². The van der Waals surface area contributed by atoms with Crippen molar-refractivity contribution in [3.05, 3.63) is 64.7 Å². The highest BCUT2D eigenvalue weighted by Gasteiger charge is 2.24. The molecule has 156 valence electrons. The molecule has 3 N–H and O–H groups in total. The number of fused-ring (bicyclic) bond motifs is 1. The minimum absolute atomic E-state index is 0.0795. The number of ether oxygens (including phenoxy) is 1. The number of hydrazine groups is 1. The van der Waals surface area contributed by atoms with Gasteiger partial charge in [-0.15, -0.1) is 0 Å². The molecule has 4 rings (SSSR count). The Balaban J connectivity index is 1.58. The Labute approximate surface area is 178 Å². The molecule has 0 saturated heterocycles. The second-order valence-electron chi connectivity index (χ2n) is 5.98. The van der Waals surface area contributed by atoms with Gasteiger partial charge in [-0.1, -0.05) is 11.3 Å². The van der Waals surface area contributed by atoms with E-state index < -0.39 is 16.5 Å². The number of aromatic nitrogens is 4. The zero-order valence-electron chi connectivity index (χ0n) is 15.9. The molecule has 0 aliphatic carbocycles. The number of benzene rings is 1. The summed E-state index contributed by atoms with van der Waals surface area (Å²) in [5.74, 6) is -0.131. The first-order valence-corrected chi connectivity index (χ1v) is 9.54. The highest BCUT2D eigenvalue weighted by Crippen LogP contribution is 2.34.